The molecule has 154 valence electrons. The summed E-state index contributed by atoms with van der Waals surface area (Å²) in [5, 5.41) is 20.2. The number of aliphatic hydroxyl groups is 1. The molecule has 1 aromatic carbocycles. The third kappa shape index (κ3) is 3.86. The number of carbonyl (C=O) groups is 2. The molecular formula is C21H30N2O5. The number of carboxylic acids is 1. The first kappa shape index (κ1) is 20.6. The average Bonchev–Trinajstić information content (AvgIpc) is 2.69. The number of likely N-dealkylation sites (tertiary alicyclic amines) is 1. The molecule has 2 fully saturated rings. The molecule has 2 aliphatic rings. The van der Waals surface area contributed by atoms with Crippen molar-refractivity contribution in [2.75, 3.05) is 44.3 Å². The summed E-state index contributed by atoms with van der Waals surface area (Å²) in [5.74, 6) is -1.13. The second-order valence-electron chi connectivity index (χ2n) is 7.83. The van der Waals surface area contributed by atoms with Crippen molar-refractivity contribution in [3.63, 3.8) is 0 Å². The van der Waals surface area contributed by atoms with Gasteiger partial charge in [-0.15, -0.1) is 0 Å². The van der Waals surface area contributed by atoms with Crippen molar-refractivity contribution in [2.24, 2.45) is 5.41 Å². The Morgan fingerprint density at radius 3 is 2.54 bits per heavy atom. The highest BCUT2D eigenvalue weighted by molar-refractivity contribution is 5.95. The van der Waals surface area contributed by atoms with Crippen LogP contribution in [0.4, 0.5) is 5.69 Å². The number of aryl methyl sites for hydroxylation is 1. The number of nitrogens with zero attached hydrogens (tertiary/aromatic N) is 2. The summed E-state index contributed by atoms with van der Waals surface area (Å²) in [6.07, 6.45) is 0.308. The van der Waals surface area contributed by atoms with Crippen LogP contribution in [0.5, 0.6) is 0 Å². The summed E-state index contributed by atoms with van der Waals surface area (Å²) >= 11 is 0. The highest BCUT2D eigenvalue weighted by Crippen LogP contribution is 2.37. The van der Waals surface area contributed by atoms with Gasteiger partial charge in [-0.2, -0.15) is 0 Å². The number of amides is 1. The first-order chi connectivity index (χ1) is 13.4. The molecule has 0 radical (unpaired) electrons. The molecule has 2 N–H and O–H groups in total. The number of anilines is 1. The van der Waals surface area contributed by atoms with Gasteiger partial charge in [0.2, 0.25) is 0 Å². The van der Waals surface area contributed by atoms with Gasteiger partial charge in [-0.25, -0.2) is 0 Å². The van der Waals surface area contributed by atoms with Crippen molar-refractivity contribution in [1.82, 2.24) is 4.90 Å². The maximum Gasteiger partial charge on any atom is 0.312 e. The lowest BCUT2D eigenvalue weighted by Crippen LogP contribution is -2.56. The van der Waals surface area contributed by atoms with Crippen LogP contribution in [0.1, 0.15) is 42.1 Å². The van der Waals surface area contributed by atoms with Crippen LogP contribution >= 0.6 is 0 Å². The van der Waals surface area contributed by atoms with Crippen molar-refractivity contribution in [1.29, 1.82) is 0 Å². The molecule has 2 saturated heterocycles. The zero-order valence-corrected chi connectivity index (χ0v) is 16.7. The Hall–Kier alpha value is -2.12. The van der Waals surface area contributed by atoms with E-state index in [1.807, 2.05) is 32.0 Å². The van der Waals surface area contributed by atoms with E-state index in [1.54, 1.807) is 4.90 Å². The van der Waals surface area contributed by atoms with E-state index in [0.717, 1.165) is 24.3 Å². The molecule has 2 atom stereocenters. The van der Waals surface area contributed by atoms with Gasteiger partial charge in [-0.05, 0) is 43.5 Å². The van der Waals surface area contributed by atoms with Crippen molar-refractivity contribution in [2.45, 2.75) is 39.2 Å². The minimum atomic E-state index is -1.15. The largest absolute Gasteiger partial charge is 0.481 e. The standard InChI is InChI=1S/C21H30N2O5/c1-3-6-21(20(26)27)7-8-23(14-18(21)24)19(25)16-4-5-17(15(2)13-16)22-9-11-28-12-10-22/h4-5,13,18,24H,3,6-12,14H2,1-2H3,(H,26,27)/t18?,21-/m0/s1. The van der Waals surface area contributed by atoms with E-state index in [4.69, 9.17) is 4.74 Å². The Balaban J connectivity index is 1.72. The van der Waals surface area contributed by atoms with Crippen LogP contribution in [0.15, 0.2) is 18.2 Å². The van der Waals surface area contributed by atoms with Crippen molar-refractivity contribution >= 4 is 17.6 Å². The van der Waals surface area contributed by atoms with E-state index >= 15 is 0 Å². The monoisotopic (exact) mass is 390 g/mol. The first-order valence-corrected chi connectivity index (χ1v) is 10.0. The zero-order valence-electron chi connectivity index (χ0n) is 16.7. The fraction of sp³-hybridized carbons (Fsp3) is 0.619. The quantitative estimate of drug-likeness (QED) is 0.798. The van der Waals surface area contributed by atoms with Crippen LogP contribution in [0.3, 0.4) is 0 Å². The van der Waals surface area contributed by atoms with Gasteiger partial charge >= 0.3 is 5.97 Å². The maximum absolute atomic E-state index is 13.0. The van der Waals surface area contributed by atoms with Crippen LogP contribution in [-0.2, 0) is 9.53 Å². The average molecular weight is 390 g/mol. The summed E-state index contributed by atoms with van der Waals surface area (Å²) < 4.78 is 5.40. The van der Waals surface area contributed by atoms with E-state index in [9.17, 15) is 19.8 Å². The molecule has 2 aliphatic heterocycles. The van der Waals surface area contributed by atoms with Crippen molar-refractivity contribution in [3.05, 3.63) is 29.3 Å². The van der Waals surface area contributed by atoms with Crippen LogP contribution in [0, 0.1) is 12.3 Å². The Morgan fingerprint density at radius 1 is 1.25 bits per heavy atom. The minimum Gasteiger partial charge on any atom is -0.481 e. The number of rotatable bonds is 5. The van der Waals surface area contributed by atoms with Crippen LogP contribution in [0.2, 0.25) is 0 Å². The third-order valence-corrected chi connectivity index (χ3v) is 6.06. The fourth-order valence-electron chi connectivity index (χ4n) is 4.38. The number of β-amino-alcohol motifs (C(OH)–C–C–N with tert-alkyl or cyclic N) is 1. The minimum absolute atomic E-state index is 0.0510. The van der Waals surface area contributed by atoms with Crippen LogP contribution in [-0.4, -0.2) is 72.5 Å². The zero-order chi connectivity index (χ0) is 20.3. The second kappa shape index (κ2) is 8.49. The molecule has 0 aliphatic carbocycles. The second-order valence-corrected chi connectivity index (χ2v) is 7.83. The lowest BCUT2D eigenvalue weighted by Gasteiger charge is -2.42. The Bertz CT molecular complexity index is 732. The SMILES string of the molecule is CCC[C@]1(C(=O)O)CCN(C(=O)c2ccc(N3CCOCC3)c(C)c2)CC1O. The molecule has 28 heavy (non-hydrogen) atoms. The lowest BCUT2D eigenvalue weighted by atomic mass is 9.72. The molecule has 1 aromatic rings. The van der Waals surface area contributed by atoms with Crippen molar-refractivity contribution < 1.29 is 24.5 Å². The Labute approximate surface area is 165 Å². The predicted octanol–water partition coefficient (Wildman–Crippen LogP) is 1.91. The third-order valence-electron chi connectivity index (χ3n) is 6.06. The van der Waals surface area contributed by atoms with E-state index in [1.165, 1.54) is 0 Å². The van der Waals surface area contributed by atoms with E-state index < -0.39 is 17.5 Å². The number of hydrogen-bond donors (Lipinski definition) is 2. The molecule has 0 aromatic heterocycles. The number of ether oxygens (including phenoxy) is 1. The number of hydrogen-bond acceptors (Lipinski definition) is 5. The molecule has 1 amide bonds. The number of carboxylic acid groups (broad SMARTS) is 1. The van der Waals surface area contributed by atoms with Crippen LogP contribution < -0.4 is 4.90 Å². The van der Waals surface area contributed by atoms with Gasteiger partial charge in [0, 0.05) is 37.4 Å². The van der Waals surface area contributed by atoms with E-state index in [2.05, 4.69) is 4.90 Å². The highest BCUT2D eigenvalue weighted by Gasteiger charge is 2.48. The fourth-order valence-corrected chi connectivity index (χ4v) is 4.38. The van der Waals surface area contributed by atoms with Gasteiger partial charge in [0.15, 0.2) is 0 Å². The first-order valence-electron chi connectivity index (χ1n) is 10.0. The number of piperidine rings is 1. The van der Waals surface area contributed by atoms with Gasteiger partial charge < -0.3 is 24.7 Å². The van der Waals surface area contributed by atoms with Gasteiger partial charge in [0.05, 0.1) is 24.7 Å². The number of aliphatic hydroxyl groups excluding tert-OH is 1. The summed E-state index contributed by atoms with van der Waals surface area (Å²) in [4.78, 5) is 28.6. The van der Waals surface area contributed by atoms with E-state index in [-0.39, 0.29) is 18.9 Å². The van der Waals surface area contributed by atoms with Crippen molar-refractivity contribution in [3.8, 4) is 0 Å². The molecule has 0 spiro atoms. The smallest absolute Gasteiger partial charge is 0.312 e. The molecule has 1 unspecified atom stereocenters. The topological polar surface area (TPSA) is 90.3 Å². The highest BCUT2D eigenvalue weighted by atomic mass is 16.5. The number of benzene rings is 1. The summed E-state index contributed by atoms with van der Waals surface area (Å²) in [6, 6.07) is 5.66. The number of aliphatic carboxylic acids is 1. The molecule has 3 rings (SSSR count). The van der Waals surface area contributed by atoms with E-state index in [0.29, 0.717) is 38.2 Å². The lowest BCUT2D eigenvalue weighted by molar-refractivity contribution is -0.162. The van der Waals surface area contributed by atoms with Crippen LogP contribution in [0.25, 0.3) is 0 Å². The normalized spacial score (nSPS) is 25.6. The number of morpholine rings is 1. The Kier molecular flexibility index (Phi) is 6.25. The molecule has 7 heteroatoms. The Morgan fingerprint density at radius 2 is 1.96 bits per heavy atom. The number of carbonyl (C=O) groups excluding carboxylic acids is 1. The molecule has 7 nitrogen and oxygen atoms in total. The summed E-state index contributed by atoms with van der Waals surface area (Å²) in [5.41, 5.74) is 1.55. The maximum atomic E-state index is 13.0. The molecule has 0 saturated carbocycles. The van der Waals surface area contributed by atoms with Gasteiger partial charge in [-0.1, -0.05) is 13.3 Å². The van der Waals surface area contributed by atoms with Gasteiger partial charge in [-0.3, -0.25) is 9.59 Å². The molecule has 2 heterocycles. The summed E-state index contributed by atoms with van der Waals surface area (Å²) in [6.45, 7) is 7.37. The summed E-state index contributed by atoms with van der Waals surface area (Å²) in [7, 11) is 0. The predicted molar refractivity (Wildman–Crippen MR) is 106 cm³/mol. The molecule has 0 bridgehead atoms. The van der Waals surface area contributed by atoms with Gasteiger partial charge in [0.25, 0.3) is 5.91 Å². The molecular weight excluding hydrogens is 360 g/mol. The van der Waals surface area contributed by atoms with Gasteiger partial charge in [0.1, 0.15) is 0 Å².